The average Bonchev–Trinajstić information content (AvgIpc) is 3.40. The van der Waals surface area contributed by atoms with Crippen LogP contribution in [0, 0.1) is 11.8 Å². The molecule has 4 nitrogen and oxygen atoms in total. The van der Waals surface area contributed by atoms with Crippen molar-refractivity contribution in [2.45, 2.75) is 32.2 Å². The fourth-order valence-corrected chi connectivity index (χ4v) is 3.58. The van der Waals surface area contributed by atoms with Gasteiger partial charge in [-0.1, -0.05) is 30.3 Å². The summed E-state index contributed by atoms with van der Waals surface area (Å²) in [6, 6.07) is 10.6. The van der Waals surface area contributed by atoms with Crippen LogP contribution in [-0.4, -0.2) is 55.5 Å². The van der Waals surface area contributed by atoms with Crippen LogP contribution >= 0.6 is 0 Å². The van der Waals surface area contributed by atoms with E-state index in [9.17, 15) is 4.79 Å². The molecule has 0 unspecified atom stereocenters. The Bertz CT molecular complexity index is 507. The predicted octanol–water partition coefficient (Wildman–Crippen LogP) is 2.36. The highest BCUT2D eigenvalue weighted by Crippen LogP contribution is 2.27. The van der Waals surface area contributed by atoms with E-state index in [2.05, 4.69) is 47.6 Å². The SMILES string of the molecule is CN(Cc1ccccc1)CC1CCN(C(=O)CNCC2CC2)CC1. The molecular formula is C20H31N3O. The molecule has 3 rings (SSSR count). The standard InChI is InChI=1S/C20H31N3O/c1-22(15-18-5-3-2-4-6-18)16-19-9-11-23(12-10-19)20(24)14-21-13-17-7-8-17/h2-6,17,19,21H,7-16H2,1H3. The van der Waals surface area contributed by atoms with E-state index in [1.54, 1.807) is 0 Å². The number of rotatable bonds is 8. The summed E-state index contributed by atoms with van der Waals surface area (Å²) in [5, 5.41) is 3.32. The lowest BCUT2D eigenvalue weighted by atomic mass is 9.96. The van der Waals surface area contributed by atoms with E-state index in [-0.39, 0.29) is 5.91 Å². The zero-order chi connectivity index (χ0) is 16.8. The number of likely N-dealkylation sites (tertiary alicyclic amines) is 1. The third-order valence-corrected chi connectivity index (χ3v) is 5.24. The van der Waals surface area contributed by atoms with Crippen molar-refractivity contribution in [3.8, 4) is 0 Å². The van der Waals surface area contributed by atoms with Crippen LogP contribution in [0.2, 0.25) is 0 Å². The van der Waals surface area contributed by atoms with Crippen LogP contribution in [-0.2, 0) is 11.3 Å². The summed E-state index contributed by atoms with van der Waals surface area (Å²) in [7, 11) is 2.20. The molecule has 2 fully saturated rings. The minimum Gasteiger partial charge on any atom is -0.342 e. The average molecular weight is 329 g/mol. The Morgan fingerprint density at radius 2 is 1.83 bits per heavy atom. The van der Waals surface area contributed by atoms with E-state index in [4.69, 9.17) is 0 Å². The molecule has 0 aromatic heterocycles. The van der Waals surface area contributed by atoms with Gasteiger partial charge in [0.1, 0.15) is 0 Å². The van der Waals surface area contributed by atoms with E-state index in [0.717, 1.165) is 51.5 Å². The van der Waals surface area contributed by atoms with Gasteiger partial charge in [-0.05, 0) is 56.7 Å². The van der Waals surface area contributed by atoms with Gasteiger partial charge >= 0.3 is 0 Å². The lowest BCUT2D eigenvalue weighted by Gasteiger charge is -2.34. The molecule has 1 heterocycles. The summed E-state index contributed by atoms with van der Waals surface area (Å²) in [5.41, 5.74) is 1.37. The van der Waals surface area contributed by atoms with Gasteiger partial charge in [-0.3, -0.25) is 4.79 Å². The van der Waals surface area contributed by atoms with E-state index in [0.29, 0.717) is 12.5 Å². The molecule has 4 heteroatoms. The highest BCUT2D eigenvalue weighted by molar-refractivity contribution is 5.78. The molecule has 0 bridgehead atoms. The number of hydrogen-bond donors (Lipinski definition) is 1. The van der Waals surface area contributed by atoms with Crippen molar-refractivity contribution in [2.24, 2.45) is 11.8 Å². The minimum atomic E-state index is 0.284. The molecule has 1 aromatic carbocycles. The van der Waals surface area contributed by atoms with Crippen molar-refractivity contribution in [3.63, 3.8) is 0 Å². The molecule has 24 heavy (non-hydrogen) atoms. The molecule has 1 N–H and O–H groups in total. The summed E-state index contributed by atoms with van der Waals surface area (Å²) in [5.74, 6) is 1.83. The first-order chi connectivity index (χ1) is 11.7. The monoisotopic (exact) mass is 329 g/mol. The van der Waals surface area contributed by atoms with Gasteiger partial charge in [0.2, 0.25) is 5.91 Å². The summed E-state index contributed by atoms with van der Waals surface area (Å²) in [4.78, 5) is 16.7. The number of nitrogens with zero attached hydrogens (tertiary/aromatic N) is 2. The van der Waals surface area contributed by atoms with Gasteiger partial charge in [0.05, 0.1) is 6.54 Å². The van der Waals surface area contributed by atoms with Crippen molar-refractivity contribution in [1.29, 1.82) is 0 Å². The van der Waals surface area contributed by atoms with Crippen molar-refractivity contribution < 1.29 is 4.79 Å². The van der Waals surface area contributed by atoms with Crippen LogP contribution in [0.4, 0.5) is 0 Å². The topological polar surface area (TPSA) is 35.6 Å². The number of amides is 1. The molecule has 0 spiro atoms. The first-order valence-corrected chi connectivity index (χ1v) is 9.41. The first kappa shape index (κ1) is 17.4. The number of nitrogens with one attached hydrogen (secondary N) is 1. The largest absolute Gasteiger partial charge is 0.342 e. The van der Waals surface area contributed by atoms with Crippen LogP contribution in [0.1, 0.15) is 31.2 Å². The van der Waals surface area contributed by atoms with Gasteiger partial charge in [-0.15, -0.1) is 0 Å². The van der Waals surface area contributed by atoms with Gasteiger partial charge in [0, 0.05) is 26.2 Å². The molecule has 0 atom stereocenters. The zero-order valence-electron chi connectivity index (χ0n) is 14.9. The molecule has 1 saturated carbocycles. The number of carbonyl (C=O) groups excluding carboxylic acids is 1. The van der Waals surface area contributed by atoms with Crippen molar-refractivity contribution in [1.82, 2.24) is 15.1 Å². The van der Waals surface area contributed by atoms with E-state index < -0.39 is 0 Å². The Balaban J connectivity index is 1.33. The summed E-state index contributed by atoms with van der Waals surface area (Å²) >= 11 is 0. The lowest BCUT2D eigenvalue weighted by Crippen LogP contribution is -2.44. The molecule has 1 aromatic rings. The van der Waals surface area contributed by atoms with Gasteiger partial charge in [0.25, 0.3) is 0 Å². The van der Waals surface area contributed by atoms with Gasteiger partial charge in [-0.2, -0.15) is 0 Å². The molecule has 132 valence electrons. The second-order valence-corrected chi connectivity index (χ2v) is 7.58. The van der Waals surface area contributed by atoms with Crippen molar-refractivity contribution in [2.75, 3.05) is 39.8 Å². The number of piperidine rings is 1. The summed E-state index contributed by atoms with van der Waals surface area (Å²) in [6.07, 6.45) is 4.94. The van der Waals surface area contributed by atoms with E-state index in [1.807, 2.05) is 4.90 Å². The van der Waals surface area contributed by atoms with Crippen molar-refractivity contribution >= 4 is 5.91 Å². The van der Waals surface area contributed by atoms with Gasteiger partial charge in [-0.25, -0.2) is 0 Å². The Labute approximate surface area is 146 Å². The predicted molar refractivity (Wildman–Crippen MR) is 97.7 cm³/mol. The maximum absolute atomic E-state index is 12.2. The molecule has 1 saturated heterocycles. The van der Waals surface area contributed by atoms with Crippen LogP contribution in [0.25, 0.3) is 0 Å². The lowest BCUT2D eigenvalue weighted by molar-refractivity contribution is -0.131. The minimum absolute atomic E-state index is 0.284. The van der Waals surface area contributed by atoms with Crippen LogP contribution in [0.15, 0.2) is 30.3 Å². The first-order valence-electron chi connectivity index (χ1n) is 9.41. The van der Waals surface area contributed by atoms with Crippen LogP contribution in [0.3, 0.4) is 0 Å². The van der Waals surface area contributed by atoms with Crippen molar-refractivity contribution in [3.05, 3.63) is 35.9 Å². The van der Waals surface area contributed by atoms with Crippen LogP contribution in [0.5, 0.6) is 0 Å². The van der Waals surface area contributed by atoms with Gasteiger partial charge < -0.3 is 15.1 Å². The fourth-order valence-electron chi connectivity index (χ4n) is 3.58. The molecular weight excluding hydrogens is 298 g/mol. The Morgan fingerprint density at radius 1 is 1.12 bits per heavy atom. The quantitative estimate of drug-likeness (QED) is 0.795. The molecule has 0 radical (unpaired) electrons. The number of carbonyl (C=O) groups is 1. The Kier molecular flexibility index (Phi) is 6.27. The molecule has 1 aliphatic carbocycles. The zero-order valence-corrected chi connectivity index (χ0v) is 14.9. The second kappa shape index (κ2) is 8.63. The molecule has 1 aliphatic heterocycles. The summed E-state index contributed by atoms with van der Waals surface area (Å²) in [6.45, 7) is 5.52. The maximum Gasteiger partial charge on any atom is 0.236 e. The molecule has 2 aliphatic rings. The van der Waals surface area contributed by atoms with E-state index in [1.165, 1.54) is 18.4 Å². The van der Waals surface area contributed by atoms with E-state index >= 15 is 0 Å². The smallest absolute Gasteiger partial charge is 0.236 e. The molecule has 1 amide bonds. The Hall–Kier alpha value is -1.39. The van der Waals surface area contributed by atoms with Gasteiger partial charge in [0.15, 0.2) is 0 Å². The highest BCUT2D eigenvalue weighted by Gasteiger charge is 2.24. The van der Waals surface area contributed by atoms with Crippen LogP contribution < -0.4 is 5.32 Å². The second-order valence-electron chi connectivity index (χ2n) is 7.58. The third-order valence-electron chi connectivity index (χ3n) is 5.24. The highest BCUT2D eigenvalue weighted by atomic mass is 16.2. The number of hydrogen-bond acceptors (Lipinski definition) is 3. The number of benzene rings is 1. The normalized spacial score (nSPS) is 19.0. The summed E-state index contributed by atoms with van der Waals surface area (Å²) < 4.78 is 0. The third kappa shape index (κ3) is 5.60. The maximum atomic E-state index is 12.2. The fraction of sp³-hybridized carbons (Fsp3) is 0.650. The Morgan fingerprint density at radius 3 is 2.50 bits per heavy atom.